The van der Waals surface area contributed by atoms with Gasteiger partial charge in [0.05, 0.1) is 6.54 Å². The Morgan fingerprint density at radius 1 is 1.08 bits per heavy atom. The maximum atomic E-state index is 12.7. The number of piperidine rings is 2. The first-order chi connectivity index (χ1) is 12.3. The molecule has 2 heterocycles. The van der Waals surface area contributed by atoms with Crippen LogP contribution in [0, 0.1) is 11.8 Å². The highest BCUT2D eigenvalue weighted by molar-refractivity contribution is 5.79. The summed E-state index contributed by atoms with van der Waals surface area (Å²) in [5, 5.41) is 0. The Morgan fingerprint density at radius 2 is 1.69 bits per heavy atom. The number of hydrogen-bond donors (Lipinski definition) is 0. The van der Waals surface area contributed by atoms with Crippen LogP contribution in [0.15, 0.2) is 0 Å². The number of carbonyl (C=O) groups is 1. The third-order valence-corrected chi connectivity index (χ3v) is 5.73. The Labute approximate surface area is 155 Å². The number of carbonyl (C=O) groups excluding carboxylic acids is 1. The summed E-state index contributed by atoms with van der Waals surface area (Å²) in [4.78, 5) is 18.5. The molecule has 1 amide bonds. The highest BCUT2D eigenvalue weighted by Gasteiger charge is 2.35. The van der Waals surface area contributed by atoms with Crippen LogP contribution in [0.2, 0.25) is 0 Å². The summed E-state index contributed by atoms with van der Waals surface area (Å²) in [7, 11) is 2.17. The number of unbranched alkanes of at least 4 members (excludes halogenated alkanes) is 1. The first-order valence-corrected chi connectivity index (χ1v) is 10.0. The monoisotopic (exact) mass is 377 g/mol. The average Bonchev–Trinajstić information content (AvgIpc) is 2.59. The highest BCUT2D eigenvalue weighted by Crippen LogP contribution is 2.26. The molecule has 0 spiro atoms. The second kappa shape index (κ2) is 9.93. The Bertz CT molecular complexity index is 428. The van der Waals surface area contributed by atoms with Crippen LogP contribution in [0.4, 0.5) is 13.2 Å². The second-order valence-corrected chi connectivity index (χ2v) is 8.05. The smallest absolute Gasteiger partial charge is 0.342 e. The minimum Gasteiger partial charge on any atom is -0.342 e. The van der Waals surface area contributed by atoms with E-state index in [4.69, 9.17) is 0 Å². The van der Waals surface area contributed by atoms with Gasteiger partial charge in [-0.1, -0.05) is 13.3 Å². The first-order valence-electron chi connectivity index (χ1n) is 10.0. The van der Waals surface area contributed by atoms with Crippen LogP contribution in [-0.4, -0.2) is 79.6 Å². The maximum absolute atomic E-state index is 12.7. The summed E-state index contributed by atoms with van der Waals surface area (Å²) in [6.45, 7) is 5.91. The van der Waals surface area contributed by atoms with Gasteiger partial charge in [0, 0.05) is 25.6 Å². The molecule has 0 radical (unpaired) electrons. The van der Waals surface area contributed by atoms with E-state index in [1.54, 1.807) is 0 Å². The predicted molar refractivity (Wildman–Crippen MR) is 96.9 cm³/mol. The zero-order valence-corrected chi connectivity index (χ0v) is 16.2. The standard InChI is InChI=1S/C19H34F3N3O/c1-3-4-9-23(2)14-16-5-12-25(13-6-16)18(26)17-7-10-24(11-8-17)15-19(20,21)22/h16-17H,3-15H2,1-2H3. The number of likely N-dealkylation sites (tertiary alicyclic amines) is 2. The molecule has 2 saturated heterocycles. The fourth-order valence-corrected chi connectivity index (χ4v) is 4.15. The second-order valence-electron chi connectivity index (χ2n) is 8.05. The van der Waals surface area contributed by atoms with E-state index in [-0.39, 0.29) is 11.8 Å². The summed E-state index contributed by atoms with van der Waals surface area (Å²) >= 11 is 0. The fourth-order valence-electron chi connectivity index (χ4n) is 4.15. The molecule has 0 aliphatic carbocycles. The van der Waals surface area contributed by atoms with Crippen molar-refractivity contribution in [3.05, 3.63) is 0 Å². The Hall–Kier alpha value is -0.820. The van der Waals surface area contributed by atoms with Crippen molar-refractivity contribution < 1.29 is 18.0 Å². The third kappa shape index (κ3) is 7.06. The molecule has 0 saturated carbocycles. The van der Waals surface area contributed by atoms with Crippen molar-refractivity contribution in [2.45, 2.75) is 51.6 Å². The van der Waals surface area contributed by atoms with Crippen LogP contribution in [0.25, 0.3) is 0 Å². The number of halogens is 3. The molecule has 7 heteroatoms. The topological polar surface area (TPSA) is 26.8 Å². The normalized spacial score (nSPS) is 21.5. The van der Waals surface area contributed by atoms with Crippen molar-refractivity contribution in [2.24, 2.45) is 11.8 Å². The predicted octanol–water partition coefficient (Wildman–Crippen LogP) is 3.23. The van der Waals surface area contributed by atoms with Gasteiger partial charge >= 0.3 is 6.18 Å². The van der Waals surface area contributed by atoms with Crippen molar-refractivity contribution in [1.29, 1.82) is 0 Å². The number of amides is 1. The molecule has 0 bridgehead atoms. The summed E-state index contributed by atoms with van der Waals surface area (Å²) in [5.41, 5.74) is 0. The Kier molecular flexibility index (Phi) is 8.20. The maximum Gasteiger partial charge on any atom is 0.401 e. The van der Waals surface area contributed by atoms with E-state index in [2.05, 4.69) is 18.9 Å². The Morgan fingerprint density at radius 3 is 2.23 bits per heavy atom. The molecule has 2 aliphatic heterocycles. The molecule has 0 aromatic heterocycles. The molecule has 2 aliphatic rings. The van der Waals surface area contributed by atoms with Gasteiger partial charge < -0.3 is 9.80 Å². The van der Waals surface area contributed by atoms with Gasteiger partial charge in [-0.15, -0.1) is 0 Å². The van der Waals surface area contributed by atoms with E-state index in [9.17, 15) is 18.0 Å². The van der Waals surface area contributed by atoms with Gasteiger partial charge in [0.25, 0.3) is 0 Å². The van der Waals surface area contributed by atoms with Crippen molar-refractivity contribution >= 4 is 5.91 Å². The van der Waals surface area contributed by atoms with Crippen LogP contribution in [-0.2, 0) is 4.79 Å². The van der Waals surface area contributed by atoms with E-state index >= 15 is 0 Å². The van der Waals surface area contributed by atoms with Crippen molar-refractivity contribution in [3.63, 3.8) is 0 Å². The SMILES string of the molecule is CCCCN(C)CC1CCN(C(=O)C2CCN(CC(F)(F)F)CC2)CC1. The summed E-state index contributed by atoms with van der Waals surface area (Å²) < 4.78 is 37.4. The molecule has 2 rings (SSSR count). The minimum absolute atomic E-state index is 0.0942. The van der Waals surface area contributed by atoms with Crippen LogP contribution >= 0.6 is 0 Å². The summed E-state index contributed by atoms with van der Waals surface area (Å²) in [6, 6.07) is 0. The van der Waals surface area contributed by atoms with Crippen LogP contribution in [0.1, 0.15) is 45.4 Å². The van der Waals surface area contributed by atoms with E-state index in [0.717, 1.165) is 39.0 Å². The van der Waals surface area contributed by atoms with Gasteiger partial charge in [-0.25, -0.2) is 0 Å². The lowest BCUT2D eigenvalue weighted by atomic mass is 9.92. The lowest BCUT2D eigenvalue weighted by Crippen LogP contribution is -2.47. The van der Waals surface area contributed by atoms with E-state index in [1.165, 1.54) is 17.7 Å². The zero-order valence-electron chi connectivity index (χ0n) is 16.2. The molecule has 0 aromatic carbocycles. The molecule has 0 unspecified atom stereocenters. The lowest BCUT2D eigenvalue weighted by molar-refractivity contribution is -0.151. The molecule has 2 fully saturated rings. The summed E-state index contributed by atoms with van der Waals surface area (Å²) in [5.74, 6) is 0.715. The zero-order chi connectivity index (χ0) is 19.2. The number of rotatable bonds is 7. The van der Waals surface area contributed by atoms with Crippen molar-refractivity contribution in [3.8, 4) is 0 Å². The first kappa shape index (κ1) is 21.5. The molecule has 4 nitrogen and oxygen atoms in total. The number of hydrogen-bond acceptors (Lipinski definition) is 3. The lowest BCUT2D eigenvalue weighted by Gasteiger charge is -2.38. The van der Waals surface area contributed by atoms with E-state index < -0.39 is 12.7 Å². The quantitative estimate of drug-likeness (QED) is 0.682. The molecule has 0 atom stereocenters. The molecule has 152 valence electrons. The summed E-state index contributed by atoms with van der Waals surface area (Å²) in [6.07, 6.45) is 1.45. The highest BCUT2D eigenvalue weighted by atomic mass is 19.4. The number of nitrogens with zero attached hydrogens (tertiary/aromatic N) is 3. The van der Waals surface area contributed by atoms with Crippen LogP contribution < -0.4 is 0 Å². The van der Waals surface area contributed by atoms with Gasteiger partial charge in [-0.3, -0.25) is 9.69 Å². The Balaban J connectivity index is 1.69. The van der Waals surface area contributed by atoms with Crippen LogP contribution in [0.3, 0.4) is 0 Å². The van der Waals surface area contributed by atoms with Crippen molar-refractivity contribution in [1.82, 2.24) is 14.7 Å². The van der Waals surface area contributed by atoms with Crippen molar-refractivity contribution in [2.75, 3.05) is 52.9 Å². The molecule has 0 N–H and O–H groups in total. The van der Waals surface area contributed by atoms with Gasteiger partial charge in [0.1, 0.15) is 0 Å². The van der Waals surface area contributed by atoms with Crippen LogP contribution in [0.5, 0.6) is 0 Å². The van der Waals surface area contributed by atoms with E-state index in [1.807, 2.05) is 4.90 Å². The number of alkyl halides is 3. The van der Waals surface area contributed by atoms with Gasteiger partial charge in [-0.05, 0) is 64.7 Å². The minimum atomic E-state index is -4.15. The molecule has 26 heavy (non-hydrogen) atoms. The molecular weight excluding hydrogens is 343 g/mol. The van der Waals surface area contributed by atoms with E-state index in [0.29, 0.717) is 31.8 Å². The molecule has 0 aromatic rings. The van der Waals surface area contributed by atoms with Gasteiger partial charge in [-0.2, -0.15) is 13.2 Å². The van der Waals surface area contributed by atoms with Gasteiger partial charge in [0.15, 0.2) is 0 Å². The fraction of sp³-hybridized carbons (Fsp3) is 0.947. The third-order valence-electron chi connectivity index (χ3n) is 5.73. The van der Waals surface area contributed by atoms with Gasteiger partial charge in [0.2, 0.25) is 5.91 Å². The molecular formula is C19H34F3N3O. The largest absolute Gasteiger partial charge is 0.401 e. The average molecular weight is 377 g/mol.